The van der Waals surface area contributed by atoms with Gasteiger partial charge in [-0.1, -0.05) is 35.5 Å². The first-order valence-corrected chi connectivity index (χ1v) is 9.58. The molecule has 0 bridgehead atoms. The van der Waals surface area contributed by atoms with Crippen molar-refractivity contribution in [3.05, 3.63) is 36.0 Å². The molecule has 1 fully saturated rings. The lowest BCUT2D eigenvalue weighted by molar-refractivity contribution is -0.128. The number of alkyl halides is 3. The number of nitrogens with zero attached hydrogens (tertiary/aromatic N) is 4. The van der Waals surface area contributed by atoms with E-state index in [1.54, 1.807) is 56.0 Å². The summed E-state index contributed by atoms with van der Waals surface area (Å²) >= 11 is 0. The maximum atomic E-state index is 13.2. The largest absolute Gasteiger partial charge is 0.444 e. The second-order valence-corrected chi connectivity index (χ2v) is 8.19. The van der Waals surface area contributed by atoms with Crippen LogP contribution in [0.3, 0.4) is 0 Å². The van der Waals surface area contributed by atoms with Gasteiger partial charge in [0.2, 0.25) is 0 Å². The highest BCUT2D eigenvalue weighted by molar-refractivity contribution is 5.68. The van der Waals surface area contributed by atoms with E-state index in [-0.39, 0.29) is 17.4 Å². The third kappa shape index (κ3) is 5.48. The number of rotatable bonds is 3. The molecule has 1 aromatic carbocycles. The van der Waals surface area contributed by atoms with Gasteiger partial charge in [0.15, 0.2) is 0 Å². The van der Waals surface area contributed by atoms with Crippen molar-refractivity contribution in [1.82, 2.24) is 19.9 Å². The predicted octanol–water partition coefficient (Wildman–Crippen LogP) is 4.62. The van der Waals surface area contributed by atoms with Crippen molar-refractivity contribution in [1.29, 1.82) is 0 Å². The molecular formula is C20H25F3N4O2. The minimum absolute atomic E-state index is 0.0550. The molecule has 0 aliphatic carbocycles. The van der Waals surface area contributed by atoms with E-state index in [1.807, 2.05) is 0 Å². The van der Waals surface area contributed by atoms with Gasteiger partial charge >= 0.3 is 12.3 Å². The molecule has 2 heterocycles. The lowest BCUT2D eigenvalue weighted by Gasteiger charge is -2.33. The molecule has 0 radical (unpaired) electrons. The number of amides is 1. The van der Waals surface area contributed by atoms with Gasteiger partial charge in [-0.2, -0.15) is 13.2 Å². The molecule has 0 spiro atoms. The summed E-state index contributed by atoms with van der Waals surface area (Å²) in [5.74, 6) is 0. The van der Waals surface area contributed by atoms with Crippen LogP contribution in [-0.4, -0.2) is 50.9 Å². The number of carbonyl (C=O) groups is 1. The van der Waals surface area contributed by atoms with Crippen molar-refractivity contribution in [3.63, 3.8) is 0 Å². The summed E-state index contributed by atoms with van der Waals surface area (Å²) in [5.41, 5.74) is 0.311. The van der Waals surface area contributed by atoms with Crippen LogP contribution in [0, 0.1) is 0 Å². The number of benzene rings is 1. The van der Waals surface area contributed by atoms with E-state index >= 15 is 0 Å². The highest BCUT2D eigenvalue weighted by Gasteiger charge is 2.35. The summed E-state index contributed by atoms with van der Waals surface area (Å²) < 4.78 is 46.5. The number of carbonyl (C=O) groups excluding carboxylic acids is 1. The molecule has 0 saturated carbocycles. The number of aromatic nitrogens is 3. The molecule has 0 N–H and O–H groups in total. The van der Waals surface area contributed by atoms with Crippen LogP contribution in [-0.2, 0) is 11.2 Å². The molecule has 29 heavy (non-hydrogen) atoms. The van der Waals surface area contributed by atoms with Crippen LogP contribution >= 0.6 is 0 Å². The molecule has 0 unspecified atom stereocenters. The smallest absolute Gasteiger partial charge is 0.410 e. The first-order valence-electron chi connectivity index (χ1n) is 9.58. The van der Waals surface area contributed by atoms with Gasteiger partial charge in [0.05, 0.1) is 18.2 Å². The minimum Gasteiger partial charge on any atom is -0.444 e. The van der Waals surface area contributed by atoms with Crippen molar-refractivity contribution < 1.29 is 22.7 Å². The van der Waals surface area contributed by atoms with E-state index in [4.69, 9.17) is 4.74 Å². The molecule has 1 aliphatic rings. The Hall–Kier alpha value is -2.58. The summed E-state index contributed by atoms with van der Waals surface area (Å²) in [7, 11) is 0. The van der Waals surface area contributed by atoms with Crippen LogP contribution in [0.1, 0.15) is 45.3 Å². The fraction of sp³-hybridized carbons (Fsp3) is 0.550. The lowest BCUT2D eigenvalue weighted by atomic mass is 10.0. The fourth-order valence-corrected chi connectivity index (χ4v) is 3.40. The van der Waals surface area contributed by atoms with Crippen molar-refractivity contribution in [3.8, 4) is 11.3 Å². The summed E-state index contributed by atoms with van der Waals surface area (Å²) in [5, 5.41) is 8.12. The number of piperidine rings is 1. The fourth-order valence-electron chi connectivity index (χ4n) is 3.40. The third-order valence-electron chi connectivity index (χ3n) is 4.67. The Balaban J connectivity index is 1.79. The van der Waals surface area contributed by atoms with E-state index < -0.39 is 24.3 Å². The van der Waals surface area contributed by atoms with Gasteiger partial charge in [0.25, 0.3) is 0 Å². The second-order valence-electron chi connectivity index (χ2n) is 8.19. The van der Waals surface area contributed by atoms with Gasteiger partial charge in [0.1, 0.15) is 11.3 Å². The van der Waals surface area contributed by atoms with Gasteiger partial charge < -0.3 is 9.64 Å². The molecule has 1 aliphatic heterocycles. The van der Waals surface area contributed by atoms with Crippen LogP contribution in [0.5, 0.6) is 0 Å². The summed E-state index contributed by atoms with van der Waals surface area (Å²) in [6.07, 6.45) is -4.91. The third-order valence-corrected chi connectivity index (χ3v) is 4.67. The van der Waals surface area contributed by atoms with Crippen LogP contribution in [0.15, 0.2) is 30.3 Å². The van der Waals surface area contributed by atoms with Crippen LogP contribution in [0.25, 0.3) is 11.3 Å². The summed E-state index contributed by atoms with van der Waals surface area (Å²) in [6.45, 7) is 6.17. The summed E-state index contributed by atoms with van der Waals surface area (Å²) in [6, 6.07) is 8.49. The van der Waals surface area contributed by atoms with Crippen LogP contribution in [0.4, 0.5) is 18.0 Å². The number of hydrogen-bond donors (Lipinski definition) is 0. The Bertz CT molecular complexity index is 836. The molecule has 1 saturated heterocycles. The Labute approximate surface area is 167 Å². The van der Waals surface area contributed by atoms with Crippen molar-refractivity contribution in [2.75, 3.05) is 13.1 Å². The van der Waals surface area contributed by atoms with Crippen LogP contribution in [0.2, 0.25) is 0 Å². The van der Waals surface area contributed by atoms with E-state index in [9.17, 15) is 18.0 Å². The molecule has 3 rings (SSSR count). The number of likely N-dealkylation sites (tertiary alicyclic amines) is 1. The SMILES string of the molecule is CC(C)(C)OC(=O)N1CCC(n2nnc(-c3ccccc3)c2CC(F)(F)F)CC1. The molecule has 0 atom stereocenters. The molecule has 6 nitrogen and oxygen atoms in total. The van der Waals surface area contributed by atoms with Gasteiger partial charge in [-0.3, -0.25) is 0 Å². The predicted molar refractivity (Wildman–Crippen MR) is 101 cm³/mol. The zero-order valence-electron chi connectivity index (χ0n) is 16.7. The Morgan fingerprint density at radius 3 is 2.31 bits per heavy atom. The highest BCUT2D eigenvalue weighted by atomic mass is 19.4. The highest BCUT2D eigenvalue weighted by Crippen LogP contribution is 2.32. The van der Waals surface area contributed by atoms with Crippen LogP contribution < -0.4 is 0 Å². The van der Waals surface area contributed by atoms with E-state index in [2.05, 4.69) is 10.3 Å². The zero-order valence-corrected chi connectivity index (χ0v) is 16.7. The van der Waals surface area contributed by atoms with Gasteiger partial charge in [0, 0.05) is 18.7 Å². The molecule has 1 aromatic heterocycles. The normalized spacial score (nSPS) is 16.1. The quantitative estimate of drug-likeness (QED) is 0.741. The second kappa shape index (κ2) is 8.04. The first-order chi connectivity index (χ1) is 13.5. The first kappa shape index (κ1) is 21.1. The monoisotopic (exact) mass is 410 g/mol. The average molecular weight is 410 g/mol. The number of halogens is 3. The molecule has 9 heteroatoms. The van der Waals surface area contributed by atoms with E-state index in [1.165, 1.54) is 4.68 Å². The average Bonchev–Trinajstić information content (AvgIpc) is 3.03. The summed E-state index contributed by atoms with van der Waals surface area (Å²) in [4.78, 5) is 13.8. The number of hydrogen-bond acceptors (Lipinski definition) is 4. The van der Waals surface area contributed by atoms with E-state index in [0.717, 1.165) is 0 Å². The maximum Gasteiger partial charge on any atom is 0.410 e. The van der Waals surface area contributed by atoms with Crippen molar-refractivity contribution in [2.45, 2.75) is 57.9 Å². The van der Waals surface area contributed by atoms with Gasteiger partial charge in [-0.05, 0) is 33.6 Å². The zero-order chi connectivity index (χ0) is 21.2. The molecule has 2 aromatic rings. The Morgan fingerprint density at radius 2 is 1.76 bits per heavy atom. The maximum absolute atomic E-state index is 13.2. The van der Waals surface area contributed by atoms with Crippen molar-refractivity contribution >= 4 is 6.09 Å². The Morgan fingerprint density at radius 1 is 1.14 bits per heavy atom. The number of ether oxygens (including phenoxy) is 1. The Kier molecular flexibility index (Phi) is 5.86. The lowest BCUT2D eigenvalue weighted by Crippen LogP contribution is -2.42. The van der Waals surface area contributed by atoms with E-state index in [0.29, 0.717) is 31.5 Å². The van der Waals surface area contributed by atoms with Gasteiger partial charge in [-0.15, -0.1) is 5.10 Å². The molecule has 158 valence electrons. The molecule has 1 amide bonds. The standard InChI is InChI=1S/C20H25F3N4O2/c1-19(2,3)29-18(28)26-11-9-15(10-12-26)27-16(13-20(21,22)23)17(24-25-27)14-7-5-4-6-8-14/h4-8,15H,9-13H2,1-3H3. The van der Waals surface area contributed by atoms with Crippen molar-refractivity contribution in [2.24, 2.45) is 0 Å². The van der Waals surface area contributed by atoms with Gasteiger partial charge in [-0.25, -0.2) is 9.48 Å². The molecular weight excluding hydrogens is 385 g/mol. The minimum atomic E-state index is -4.37. The topological polar surface area (TPSA) is 60.2 Å².